The summed E-state index contributed by atoms with van der Waals surface area (Å²) in [5.74, 6) is 0.145. The minimum Gasteiger partial charge on any atom is -0.323 e. The first-order valence-corrected chi connectivity index (χ1v) is 12.7. The smallest absolute Gasteiger partial charge is 0.323 e. The number of anilines is 1. The highest BCUT2D eigenvalue weighted by Crippen LogP contribution is 2.41. The molecule has 0 bridgehead atoms. The molecule has 2 aromatic rings. The van der Waals surface area contributed by atoms with Crippen molar-refractivity contribution in [3.63, 3.8) is 0 Å². The van der Waals surface area contributed by atoms with Crippen LogP contribution in [0, 0.1) is 12.3 Å². The van der Waals surface area contributed by atoms with Crippen LogP contribution in [0.1, 0.15) is 30.4 Å². The van der Waals surface area contributed by atoms with E-state index < -0.39 is 10.0 Å². The summed E-state index contributed by atoms with van der Waals surface area (Å²) in [4.78, 5) is 17.1. The molecule has 3 heterocycles. The van der Waals surface area contributed by atoms with Crippen LogP contribution in [-0.4, -0.2) is 66.5 Å². The number of halogens is 1. The number of rotatable bonds is 4. The lowest BCUT2D eigenvalue weighted by atomic mass is 9.78. The molecule has 2 fully saturated rings. The molecule has 0 radical (unpaired) electrons. The van der Waals surface area contributed by atoms with E-state index in [1.54, 1.807) is 4.90 Å². The molecule has 1 N–H and O–H groups in total. The van der Waals surface area contributed by atoms with Gasteiger partial charge in [-0.3, -0.25) is 9.62 Å². The number of nitrogens with one attached hydrogen (secondary N) is 1. The van der Waals surface area contributed by atoms with Crippen LogP contribution in [0.4, 0.5) is 10.6 Å². The van der Waals surface area contributed by atoms with E-state index in [0.29, 0.717) is 13.1 Å². The number of piperidine rings is 1. The summed E-state index contributed by atoms with van der Waals surface area (Å²) in [6, 6.07) is 7.32. The minimum absolute atomic E-state index is 0.145. The summed E-state index contributed by atoms with van der Waals surface area (Å²) >= 11 is 6.18. The number of amides is 1. The van der Waals surface area contributed by atoms with Crippen LogP contribution in [0.3, 0.4) is 0 Å². The first-order chi connectivity index (χ1) is 14.6. The first kappa shape index (κ1) is 22.1. The van der Waals surface area contributed by atoms with Crippen LogP contribution in [-0.2, 0) is 16.6 Å². The lowest BCUT2D eigenvalue weighted by Crippen LogP contribution is -2.45. The van der Waals surface area contributed by atoms with Gasteiger partial charge in [-0.25, -0.2) is 13.2 Å². The highest BCUT2D eigenvalue weighted by molar-refractivity contribution is 7.92. The van der Waals surface area contributed by atoms with Crippen LogP contribution < -0.4 is 4.72 Å². The Morgan fingerprint density at radius 2 is 1.90 bits per heavy atom. The fourth-order valence-corrected chi connectivity index (χ4v) is 5.30. The van der Waals surface area contributed by atoms with Gasteiger partial charge in [-0.1, -0.05) is 17.7 Å². The van der Waals surface area contributed by atoms with Crippen molar-refractivity contribution in [2.24, 2.45) is 5.41 Å². The van der Waals surface area contributed by atoms with Crippen LogP contribution in [0.25, 0.3) is 0 Å². The standard InChI is InChI=1S/C21H28ClN5O3S/c1-16-3-4-18(22)13-17(16)14-25-10-6-21(15-25)7-11-26(12-8-21)20(28)27-9-5-19(23-27)24-31(2,29)30/h3-5,9,13H,6-8,10-12,14-15H2,1-2H3,(H,23,24). The third kappa shape index (κ3) is 5.22. The summed E-state index contributed by atoms with van der Waals surface area (Å²) < 4.78 is 26.2. The molecule has 8 nitrogen and oxygen atoms in total. The largest absolute Gasteiger partial charge is 0.344 e. The first-order valence-electron chi connectivity index (χ1n) is 10.4. The molecule has 2 aliphatic rings. The van der Waals surface area contributed by atoms with E-state index in [4.69, 9.17) is 11.6 Å². The van der Waals surface area contributed by atoms with Gasteiger partial charge in [0.15, 0.2) is 5.82 Å². The molecule has 2 aliphatic heterocycles. The lowest BCUT2D eigenvalue weighted by Gasteiger charge is -2.39. The zero-order valence-corrected chi connectivity index (χ0v) is 19.4. The van der Waals surface area contributed by atoms with Crippen molar-refractivity contribution in [1.82, 2.24) is 19.6 Å². The molecule has 10 heteroatoms. The SMILES string of the molecule is Cc1ccc(Cl)cc1CN1CCC2(CCN(C(=O)n3ccc(NS(C)(=O)=O)n3)CC2)C1. The second-order valence-corrected chi connectivity index (χ2v) is 11.0. The van der Waals surface area contributed by atoms with E-state index in [0.717, 1.165) is 50.2 Å². The van der Waals surface area contributed by atoms with Crippen LogP contribution in [0.15, 0.2) is 30.5 Å². The van der Waals surface area contributed by atoms with E-state index in [1.807, 2.05) is 6.07 Å². The average Bonchev–Trinajstić information content (AvgIpc) is 3.31. The van der Waals surface area contributed by atoms with E-state index >= 15 is 0 Å². The van der Waals surface area contributed by atoms with Gasteiger partial charge in [0.2, 0.25) is 10.0 Å². The second kappa shape index (κ2) is 8.44. The zero-order valence-electron chi connectivity index (χ0n) is 17.8. The number of hydrogen-bond acceptors (Lipinski definition) is 5. The third-order valence-corrected chi connectivity index (χ3v) is 7.21. The minimum atomic E-state index is -3.43. The van der Waals surface area contributed by atoms with Crippen molar-refractivity contribution in [3.8, 4) is 0 Å². The molecule has 0 unspecified atom stereocenters. The van der Waals surface area contributed by atoms with Gasteiger partial charge in [0, 0.05) is 43.5 Å². The Kier molecular flexibility index (Phi) is 6.02. The van der Waals surface area contributed by atoms with Gasteiger partial charge in [-0.05, 0) is 61.4 Å². The van der Waals surface area contributed by atoms with E-state index in [1.165, 1.54) is 28.1 Å². The monoisotopic (exact) mass is 465 g/mol. The number of carbonyl (C=O) groups is 1. The topological polar surface area (TPSA) is 87.5 Å². The molecule has 168 valence electrons. The van der Waals surface area contributed by atoms with Gasteiger partial charge < -0.3 is 4.90 Å². The fraction of sp³-hybridized carbons (Fsp3) is 0.524. The Balaban J connectivity index is 1.33. The predicted molar refractivity (Wildman–Crippen MR) is 121 cm³/mol. The fourth-order valence-electron chi connectivity index (χ4n) is 4.61. The molecule has 31 heavy (non-hydrogen) atoms. The maximum Gasteiger partial charge on any atom is 0.344 e. The zero-order chi connectivity index (χ0) is 22.2. The Hall–Kier alpha value is -2.10. The van der Waals surface area contributed by atoms with Crippen LogP contribution >= 0.6 is 11.6 Å². The van der Waals surface area contributed by atoms with Gasteiger partial charge in [-0.2, -0.15) is 4.68 Å². The number of likely N-dealkylation sites (tertiary alicyclic amines) is 2. The summed E-state index contributed by atoms with van der Waals surface area (Å²) in [6.45, 7) is 6.47. The van der Waals surface area contributed by atoms with Crippen molar-refractivity contribution < 1.29 is 13.2 Å². The molecule has 1 spiro atoms. The van der Waals surface area contributed by atoms with Gasteiger partial charge in [0.1, 0.15) is 0 Å². The molecule has 0 saturated carbocycles. The lowest BCUT2D eigenvalue weighted by molar-refractivity contribution is 0.118. The molecular formula is C21H28ClN5O3S. The normalized spacial score (nSPS) is 19.1. The highest BCUT2D eigenvalue weighted by atomic mass is 35.5. The Morgan fingerprint density at radius 3 is 2.61 bits per heavy atom. The number of benzene rings is 1. The number of aromatic nitrogens is 2. The van der Waals surface area contributed by atoms with Crippen molar-refractivity contribution >= 4 is 33.5 Å². The molecule has 2 saturated heterocycles. The third-order valence-electron chi connectivity index (χ3n) is 6.39. The van der Waals surface area contributed by atoms with Crippen LogP contribution in [0.5, 0.6) is 0 Å². The molecule has 1 aromatic heterocycles. The number of aryl methyl sites for hydroxylation is 1. The molecule has 4 rings (SSSR count). The molecule has 0 atom stereocenters. The second-order valence-electron chi connectivity index (χ2n) is 8.82. The number of nitrogens with zero attached hydrogens (tertiary/aromatic N) is 4. The van der Waals surface area contributed by atoms with Crippen molar-refractivity contribution in [1.29, 1.82) is 0 Å². The highest BCUT2D eigenvalue weighted by Gasteiger charge is 2.41. The van der Waals surface area contributed by atoms with Gasteiger partial charge in [-0.15, -0.1) is 5.10 Å². The Morgan fingerprint density at radius 1 is 1.19 bits per heavy atom. The Labute approximate surface area is 188 Å². The molecule has 0 aliphatic carbocycles. The Bertz CT molecular complexity index is 1080. The summed E-state index contributed by atoms with van der Waals surface area (Å²) in [5, 5.41) is 4.82. The van der Waals surface area contributed by atoms with E-state index in [9.17, 15) is 13.2 Å². The van der Waals surface area contributed by atoms with Crippen LogP contribution in [0.2, 0.25) is 5.02 Å². The van der Waals surface area contributed by atoms with E-state index in [2.05, 4.69) is 33.8 Å². The number of carbonyl (C=O) groups excluding carboxylic acids is 1. The molecule has 1 amide bonds. The van der Waals surface area contributed by atoms with Crippen molar-refractivity contribution in [3.05, 3.63) is 46.6 Å². The quantitative estimate of drug-likeness (QED) is 0.749. The predicted octanol–water partition coefficient (Wildman–Crippen LogP) is 3.17. The maximum absolute atomic E-state index is 12.8. The van der Waals surface area contributed by atoms with Crippen molar-refractivity contribution in [2.75, 3.05) is 37.2 Å². The van der Waals surface area contributed by atoms with E-state index in [-0.39, 0.29) is 17.3 Å². The van der Waals surface area contributed by atoms with Gasteiger partial charge in [0.05, 0.1) is 6.26 Å². The molecule has 1 aromatic carbocycles. The maximum atomic E-state index is 12.8. The summed E-state index contributed by atoms with van der Waals surface area (Å²) in [5.41, 5.74) is 2.78. The van der Waals surface area contributed by atoms with Gasteiger partial charge in [0.25, 0.3) is 0 Å². The average molecular weight is 466 g/mol. The number of sulfonamides is 1. The molecular weight excluding hydrogens is 438 g/mol. The summed E-state index contributed by atoms with van der Waals surface area (Å²) in [7, 11) is -3.43. The summed E-state index contributed by atoms with van der Waals surface area (Å²) in [6.07, 6.45) is 5.60. The number of hydrogen-bond donors (Lipinski definition) is 1. The van der Waals surface area contributed by atoms with Gasteiger partial charge >= 0.3 is 6.03 Å². The van der Waals surface area contributed by atoms with Crippen molar-refractivity contribution in [2.45, 2.75) is 32.7 Å².